The van der Waals surface area contributed by atoms with Crippen molar-refractivity contribution < 1.29 is 19.1 Å². The molecule has 0 aromatic heterocycles. The van der Waals surface area contributed by atoms with E-state index in [0.29, 0.717) is 5.69 Å². The van der Waals surface area contributed by atoms with Gasteiger partial charge in [0, 0.05) is 0 Å². The molecule has 7 heteroatoms. The molecule has 2 aliphatic heterocycles. The van der Waals surface area contributed by atoms with E-state index < -0.39 is 29.7 Å². The van der Waals surface area contributed by atoms with Crippen molar-refractivity contribution in [2.45, 2.75) is 6.04 Å². The lowest BCUT2D eigenvalue weighted by atomic mass is 9.99. The van der Waals surface area contributed by atoms with Crippen molar-refractivity contribution in [3.8, 4) is 0 Å². The van der Waals surface area contributed by atoms with Gasteiger partial charge in [-0.25, -0.2) is 9.69 Å². The number of carbonyl (C=O) groups excluding carboxylic acids is 3. The van der Waals surface area contributed by atoms with Crippen LogP contribution in [0.5, 0.6) is 0 Å². The van der Waals surface area contributed by atoms with Gasteiger partial charge in [-0.3, -0.25) is 15.0 Å². The van der Waals surface area contributed by atoms with Gasteiger partial charge in [0.2, 0.25) is 5.91 Å². The molecule has 1 N–H and O–H groups in total. The molecule has 0 saturated carbocycles. The molecule has 2 heterocycles. The molecule has 1 fully saturated rings. The van der Waals surface area contributed by atoms with Gasteiger partial charge in [-0.1, -0.05) is 18.2 Å². The highest BCUT2D eigenvalue weighted by atomic mass is 16.5. The average molecular weight is 273 g/mol. The number of methoxy groups -OCH3 is 1. The fraction of sp³-hybridized carbons (Fsp3) is 0.231. The molecule has 0 radical (unpaired) electrons. The Morgan fingerprint density at radius 3 is 2.60 bits per heavy atom. The number of anilines is 1. The van der Waals surface area contributed by atoms with Crippen LogP contribution >= 0.6 is 0 Å². The summed E-state index contributed by atoms with van der Waals surface area (Å²) in [5.41, 5.74) is 2.95. The van der Waals surface area contributed by atoms with Crippen LogP contribution in [-0.4, -0.2) is 36.6 Å². The fourth-order valence-electron chi connectivity index (χ4n) is 2.39. The molecule has 3 rings (SSSR count). The SMILES string of the molecule is COC(=O)C1=NN[C@H]2C(=O)N(c3ccccc3)C(=O)[C@H]12. The van der Waals surface area contributed by atoms with Crippen molar-refractivity contribution in [2.24, 2.45) is 11.0 Å². The zero-order valence-electron chi connectivity index (χ0n) is 10.6. The second kappa shape index (κ2) is 4.44. The van der Waals surface area contributed by atoms with Crippen LogP contribution in [0.4, 0.5) is 5.69 Å². The Morgan fingerprint density at radius 1 is 1.25 bits per heavy atom. The van der Waals surface area contributed by atoms with Gasteiger partial charge < -0.3 is 4.74 Å². The lowest BCUT2D eigenvalue weighted by Crippen LogP contribution is -2.36. The summed E-state index contributed by atoms with van der Waals surface area (Å²) in [7, 11) is 1.20. The predicted molar refractivity (Wildman–Crippen MR) is 68.8 cm³/mol. The smallest absolute Gasteiger partial charge is 0.355 e. The summed E-state index contributed by atoms with van der Waals surface area (Å²) in [6.07, 6.45) is 0. The summed E-state index contributed by atoms with van der Waals surface area (Å²) >= 11 is 0. The molecule has 102 valence electrons. The molecule has 0 aliphatic carbocycles. The van der Waals surface area contributed by atoms with E-state index in [-0.39, 0.29) is 5.71 Å². The molecule has 2 aliphatic rings. The maximum Gasteiger partial charge on any atom is 0.355 e. The number of amides is 2. The summed E-state index contributed by atoms with van der Waals surface area (Å²) in [6.45, 7) is 0. The Kier molecular flexibility index (Phi) is 2.74. The fourth-order valence-corrected chi connectivity index (χ4v) is 2.39. The lowest BCUT2D eigenvalue weighted by Gasteiger charge is -2.15. The number of hydrogen-bond donors (Lipinski definition) is 1. The highest BCUT2D eigenvalue weighted by molar-refractivity contribution is 6.46. The van der Waals surface area contributed by atoms with Gasteiger partial charge in [0.15, 0.2) is 5.71 Å². The number of nitrogens with zero attached hydrogens (tertiary/aromatic N) is 2. The van der Waals surface area contributed by atoms with Gasteiger partial charge >= 0.3 is 5.97 Å². The van der Waals surface area contributed by atoms with Gasteiger partial charge in [0.1, 0.15) is 12.0 Å². The second-order valence-corrected chi connectivity index (χ2v) is 4.42. The third-order valence-electron chi connectivity index (χ3n) is 3.33. The molecule has 2 atom stereocenters. The third kappa shape index (κ3) is 1.59. The Hall–Kier alpha value is -2.70. The molecule has 7 nitrogen and oxygen atoms in total. The number of para-hydroxylation sites is 1. The van der Waals surface area contributed by atoms with Crippen LogP contribution < -0.4 is 10.3 Å². The van der Waals surface area contributed by atoms with E-state index >= 15 is 0 Å². The van der Waals surface area contributed by atoms with Crippen LogP contribution in [-0.2, 0) is 19.1 Å². The number of carbonyl (C=O) groups is 3. The number of imide groups is 1. The van der Waals surface area contributed by atoms with Crippen molar-refractivity contribution in [2.75, 3.05) is 12.0 Å². The van der Waals surface area contributed by atoms with E-state index in [1.165, 1.54) is 7.11 Å². The van der Waals surface area contributed by atoms with Crippen molar-refractivity contribution >= 4 is 29.2 Å². The molecular weight excluding hydrogens is 262 g/mol. The third-order valence-corrected chi connectivity index (χ3v) is 3.33. The summed E-state index contributed by atoms with van der Waals surface area (Å²) in [6, 6.07) is 7.73. The molecule has 1 aromatic carbocycles. The van der Waals surface area contributed by atoms with Crippen LogP contribution in [0.15, 0.2) is 35.4 Å². The number of hydrazone groups is 1. The molecular formula is C13H11N3O4. The molecule has 0 spiro atoms. The van der Waals surface area contributed by atoms with E-state index in [2.05, 4.69) is 15.3 Å². The molecule has 1 aromatic rings. The number of ether oxygens (including phenoxy) is 1. The first-order valence-corrected chi connectivity index (χ1v) is 5.99. The molecule has 1 saturated heterocycles. The highest BCUT2D eigenvalue weighted by Gasteiger charge is 2.55. The topological polar surface area (TPSA) is 88.1 Å². The number of fused-ring (bicyclic) bond motifs is 1. The van der Waals surface area contributed by atoms with Crippen molar-refractivity contribution in [1.82, 2.24) is 5.43 Å². The first-order chi connectivity index (χ1) is 9.65. The first-order valence-electron chi connectivity index (χ1n) is 5.99. The highest BCUT2D eigenvalue weighted by Crippen LogP contribution is 2.30. The summed E-state index contributed by atoms with van der Waals surface area (Å²) in [5.74, 6) is -2.52. The molecule has 20 heavy (non-hydrogen) atoms. The minimum Gasteiger partial charge on any atom is -0.464 e. The van der Waals surface area contributed by atoms with E-state index in [1.54, 1.807) is 30.3 Å². The summed E-state index contributed by atoms with van der Waals surface area (Å²) in [5, 5.41) is 3.74. The first kappa shape index (κ1) is 12.3. The van der Waals surface area contributed by atoms with Crippen molar-refractivity contribution in [3.05, 3.63) is 30.3 Å². The Balaban J connectivity index is 1.97. The van der Waals surface area contributed by atoms with E-state index in [1.807, 2.05) is 0 Å². The van der Waals surface area contributed by atoms with E-state index in [9.17, 15) is 14.4 Å². The van der Waals surface area contributed by atoms with Crippen LogP contribution in [0, 0.1) is 5.92 Å². The van der Waals surface area contributed by atoms with E-state index in [0.717, 1.165) is 4.90 Å². The molecule has 2 amide bonds. The zero-order chi connectivity index (χ0) is 14.3. The average Bonchev–Trinajstić information content (AvgIpc) is 3.01. The number of rotatable bonds is 2. The van der Waals surface area contributed by atoms with E-state index in [4.69, 9.17) is 0 Å². The Bertz CT molecular complexity index is 626. The van der Waals surface area contributed by atoms with Gasteiger partial charge in [0.05, 0.1) is 12.8 Å². The zero-order valence-corrected chi connectivity index (χ0v) is 10.6. The van der Waals surface area contributed by atoms with Crippen LogP contribution in [0.2, 0.25) is 0 Å². The van der Waals surface area contributed by atoms with Gasteiger partial charge in [-0.2, -0.15) is 5.10 Å². The number of nitrogens with one attached hydrogen (secondary N) is 1. The quantitative estimate of drug-likeness (QED) is 0.589. The predicted octanol–water partition coefficient (Wildman–Crippen LogP) is -0.323. The monoisotopic (exact) mass is 273 g/mol. The maximum absolute atomic E-state index is 12.4. The van der Waals surface area contributed by atoms with Crippen molar-refractivity contribution in [1.29, 1.82) is 0 Å². The lowest BCUT2D eigenvalue weighted by molar-refractivity contribution is -0.133. The minimum atomic E-state index is -0.921. The standard InChI is InChI=1S/C13H11N3O4/c1-20-13(19)10-8-9(14-15-10)12(18)16(11(8)17)7-5-3-2-4-6-7/h2-6,8-9,14H,1H3/t8-,9+/m0/s1. The largest absolute Gasteiger partial charge is 0.464 e. The van der Waals surface area contributed by atoms with Crippen LogP contribution in [0.1, 0.15) is 0 Å². The molecule has 0 bridgehead atoms. The normalized spacial score (nSPS) is 24.2. The maximum atomic E-state index is 12.4. The summed E-state index contributed by atoms with van der Waals surface area (Å²) in [4.78, 5) is 37.3. The number of hydrogen-bond acceptors (Lipinski definition) is 6. The van der Waals surface area contributed by atoms with Gasteiger partial charge in [-0.05, 0) is 12.1 Å². The van der Waals surface area contributed by atoms with Crippen molar-refractivity contribution in [3.63, 3.8) is 0 Å². The Morgan fingerprint density at radius 2 is 1.95 bits per heavy atom. The van der Waals surface area contributed by atoms with Crippen LogP contribution in [0.3, 0.4) is 0 Å². The Labute approximate surface area is 114 Å². The number of benzene rings is 1. The van der Waals surface area contributed by atoms with Gasteiger partial charge in [-0.15, -0.1) is 0 Å². The summed E-state index contributed by atoms with van der Waals surface area (Å²) < 4.78 is 4.58. The minimum absolute atomic E-state index is 0.0609. The van der Waals surface area contributed by atoms with Crippen LogP contribution in [0.25, 0.3) is 0 Å². The van der Waals surface area contributed by atoms with Gasteiger partial charge in [0.25, 0.3) is 5.91 Å². The molecule has 0 unspecified atom stereocenters. The second-order valence-electron chi connectivity index (χ2n) is 4.42. The number of esters is 1.